The van der Waals surface area contributed by atoms with Gasteiger partial charge < -0.3 is 4.74 Å². The molecule has 0 radical (unpaired) electrons. The molecule has 0 aromatic rings. The topological polar surface area (TPSA) is 43.4 Å². The van der Waals surface area contributed by atoms with Crippen LogP contribution in [0.2, 0.25) is 0 Å². The second kappa shape index (κ2) is 5.36. The fourth-order valence-electron chi connectivity index (χ4n) is 7.17. The Morgan fingerprint density at radius 1 is 1.07 bits per heavy atom. The third-order valence-electron chi connectivity index (χ3n) is 9.21. The van der Waals surface area contributed by atoms with E-state index in [1.54, 1.807) is 0 Å². The van der Waals surface area contributed by atoms with Crippen LogP contribution < -0.4 is 0 Å². The van der Waals surface area contributed by atoms with Crippen LogP contribution in [0.5, 0.6) is 0 Å². The van der Waals surface area contributed by atoms with Gasteiger partial charge in [0.2, 0.25) is 0 Å². The van der Waals surface area contributed by atoms with Gasteiger partial charge in [-0.15, -0.1) is 0 Å². The van der Waals surface area contributed by atoms with E-state index in [9.17, 15) is 9.59 Å². The molecule has 5 unspecified atom stereocenters. The minimum absolute atomic E-state index is 0.0565. The van der Waals surface area contributed by atoms with E-state index in [1.165, 1.54) is 0 Å². The smallest absolute Gasteiger partial charge is 0.184 e. The minimum Gasteiger partial charge on any atom is -0.489 e. The Hall–Kier alpha value is -1.38. The molecule has 2 saturated carbocycles. The van der Waals surface area contributed by atoms with Crippen LogP contribution in [0.15, 0.2) is 23.0 Å². The molecule has 4 aliphatic rings. The summed E-state index contributed by atoms with van der Waals surface area (Å²) in [5.74, 6) is 2.12. The molecule has 0 bridgehead atoms. The van der Waals surface area contributed by atoms with Crippen molar-refractivity contribution in [3.63, 3.8) is 0 Å². The van der Waals surface area contributed by atoms with Gasteiger partial charge in [-0.3, -0.25) is 9.59 Å². The molecule has 1 saturated heterocycles. The normalized spacial score (nSPS) is 46.1. The van der Waals surface area contributed by atoms with Gasteiger partial charge in [-0.05, 0) is 57.9 Å². The average Bonchev–Trinajstić information content (AvgIpc) is 2.92. The second-order valence-electron chi connectivity index (χ2n) is 10.7. The summed E-state index contributed by atoms with van der Waals surface area (Å²) in [6.07, 6.45) is 6.42. The molecule has 0 aromatic carbocycles. The summed E-state index contributed by atoms with van der Waals surface area (Å²) in [5.41, 5.74) is 1.02. The molecule has 0 N–H and O–H groups in total. The summed E-state index contributed by atoms with van der Waals surface area (Å²) in [4.78, 5) is 25.2. The Morgan fingerprint density at radius 3 is 2.41 bits per heavy atom. The number of carbonyl (C=O) groups excluding carboxylic acids is 2. The van der Waals surface area contributed by atoms with E-state index in [2.05, 4.69) is 41.5 Å². The van der Waals surface area contributed by atoms with E-state index in [0.29, 0.717) is 24.0 Å². The first-order valence-corrected chi connectivity index (χ1v) is 10.6. The van der Waals surface area contributed by atoms with Crippen LogP contribution in [0, 0.1) is 28.1 Å². The van der Waals surface area contributed by atoms with Gasteiger partial charge in [0, 0.05) is 29.2 Å². The van der Waals surface area contributed by atoms with Crippen molar-refractivity contribution < 1.29 is 14.3 Å². The number of rotatable bonds is 0. The molecule has 1 spiro atoms. The molecule has 3 aliphatic carbocycles. The summed E-state index contributed by atoms with van der Waals surface area (Å²) in [6, 6.07) is 0. The zero-order chi connectivity index (χ0) is 20.0. The van der Waals surface area contributed by atoms with Gasteiger partial charge in [0.1, 0.15) is 17.1 Å². The number of Topliss-reactive ketones (excluding diaryl/α,β-unsaturated/α-hetero) is 1. The fraction of sp³-hybridized carbons (Fsp3) is 0.750. The van der Waals surface area contributed by atoms with Crippen LogP contribution in [0.3, 0.4) is 0 Å². The fourth-order valence-corrected chi connectivity index (χ4v) is 7.17. The van der Waals surface area contributed by atoms with Gasteiger partial charge in [0.05, 0.1) is 5.41 Å². The highest BCUT2D eigenvalue weighted by molar-refractivity contribution is 6.06. The summed E-state index contributed by atoms with van der Waals surface area (Å²) in [7, 11) is 0. The van der Waals surface area contributed by atoms with Gasteiger partial charge in [-0.2, -0.15) is 0 Å². The van der Waals surface area contributed by atoms with E-state index in [1.807, 2.05) is 13.0 Å². The molecule has 5 atom stereocenters. The van der Waals surface area contributed by atoms with Crippen LogP contribution in [-0.2, 0) is 14.3 Å². The number of ketones is 2. The number of hydrogen-bond donors (Lipinski definition) is 0. The summed E-state index contributed by atoms with van der Waals surface area (Å²) in [5, 5.41) is 0. The van der Waals surface area contributed by atoms with Gasteiger partial charge in [0.15, 0.2) is 5.78 Å². The Bertz CT molecular complexity index is 800. The number of fused-ring (bicyclic) bond motifs is 3. The third-order valence-corrected chi connectivity index (χ3v) is 9.21. The first kappa shape index (κ1) is 19.0. The molecule has 3 heteroatoms. The molecule has 3 fully saturated rings. The Morgan fingerprint density at radius 2 is 1.74 bits per heavy atom. The van der Waals surface area contributed by atoms with Gasteiger partial charge in [-0.25, -0.2) is 0 Å². The molecule has 0 aromatic heterocycles. The number of ether oxygens (including phenoxy) is 1. The standard InChI is InChI=1S/C24H34O3/c1-14-8-9-18-21(4,5)19(26)10-11-23(18,7)24(14)13-22(6)15(2)12-17(25)16(3)20(22)27-24/h12,14,18H,8-11,13H2,1-7H3. The minimum atomic E-state index is -0.307. The van der Waals surface area contributed by atoms with E-state index in [-0.39, 0.29) is 27.6 Å². The Balaban J connectivity index is 1.89. The third kappa shape index (κ3) is 2.09. The second-order valence-corrected chi connectivity index (χ2v) is 10.7. The monoisotopic (exact) mass is 370 g/mol. The predicted octanol–water partition coefficient (Wildman–Crippen LogP) is 5.40. The highest BCUT2D eigenvalue weighted by Crippen LogP contribution is 2.70. The molecule has 0 amide bonds. The lowest BCUT2D eigenvalue weighted by molar-refractivity contribution is -0.202. The van der Waals surface area contributed by atoms with E-state index in [4.69, 9.17) is 4.74 Å². The lowest BCUT2D eigenvalue weighted by atomic mass is 9.43. The van der Waals surface area contributed by atoms with Crippen LogP contribution >= 0.6 is 0 Å². The van der Waals surface area contributed by atoms with Crippen molar-refractivity contribution in [2.24, 2.45) is 28.1 Å². The zero-order valence-electron chi connectivity index (χ0n) is 18.0. The van der Waals surface area contributed by atoms with Crippen molar-refractivity contribution in [2.45, 2.75) is 86.2 Å². The van der Waals surface area contributed by atoms with Crippen molar-refractivity contribution in [2.75, 3.05) is 0 Å². The van der Waals surface area contributed by atoms with E-state index < -0.39 is 0 Å². The SMILES string of the molecule is CC1=CC(=O)C(C)=C2OC3(CC12C)C(C)CCC1C(C)(C)C(=O)CCC13C. The van der Waals surface area contributed by atoms with Crippen molar-refractivity contribution in [3.8, 4) is 0 Å². The van der Waals surface area contributed by atoms with Crippen LogP contribution in [-0.4, -0.2) is 17.2 Å². The van der Waals surface area contributed by atoms with Crippen molar-refractivity contribution in [3.05, 3.63) is 23.0 Å². The summed E-state index contributed by atoms with van der Waals surface area (Å²) >= 11 is 0. The quantitative estimate of drug-likeness (QED) is 0.574. The number of hydrogen-bond acceptors (Lipinski definition) is 3. The molecule has 148 valence electrons. The van der Waals surface area contributed by atoms with E-state index >= 15 is 0 Å². The van der Waals surface area contributed by atoms with Crippen LogP contribution in [0.25, 0.3) is 0 Å². The lowest BCUT2D eigenvalue weighted by Crippen LogP contribution is -2.64. The highest BCUT2D eigenvalue weighted by Gasteiger charge is 2.70. The maximum Gasteiger partial charge on any atom is 0.184 e. The lowest BCUT2D eigenvalue weighted by Gasteiger charge is -2.62. The summed E-state index contributed by atoms with van der Waals surface area (Å²) in [6.45, 7) is 15.2. The van der Waals surface area contributed by atoms with Gasteiger partial charge in [0.25, 0.3) is 0 Å². The maximum absolute atomic E-state index is 12.8. The predicted molar refractivity (Wildman–Crippen MR) is 106 cm³/mol. The number of allylic oxidation sites excluding steroid dienone is 3. The van der Waals surface area contributed by atoms with Crippen molar-refractivity contribution >= 4 is 11.6 Å². The van der Waals surface area contributed by atoms with Crippen molar-refractivity contribution in [1.29, 1.82) is 0 Å². The zero-order valence-corrected chi connectivity index (χ0v) is 18.0. The molecular weight excluding hydrogens is 336 g/mol. The highest BCUT2D eigenvalue weighted by atomic mass is 16.5. The average molecular weight is 371 g/mol. The summed E-state index contributed by atoms with van der Waals surface area (Å²) < 4.78 is 6.97. The molecule has 1 aliphatic heterocycles. The largest absolute Gasteiger partial charge is 0.489 e. The van der Waals surface area contributed by atoms with Crippen LogP contribution in [0.4, 0.5) is 0 Å². The first-order valence-electron chi connectivity index (χ1n) is 10.6. The maximum atomic E-state index is 12.8. The molecule has 4 rings (SSSR count). The van der Waals surface area contributed by atoms with Crippen molar-refractivity contribution in [1.82, 2.24) is 0 Å². The number of carbonyl (C=O) groups is 2. The Kier molecular flexibility index (Phi) is 3.76. The molecule has 1 heterocycles. The molecular formula is C24H34O3. The van der Waals surface area contributed by atoms with E-state index in [0.717, 1.165) is 42.6 Å². The van der Waals surface area contributed by atoms with Crippen LogP contribution in [0.1, 0.15) is 80.6 Å². The molecule has 3 nitrogen and oxygen atoms in total. The van der Waals surface area contributed by atoms with Gasteiger partial charge >= 0.3 is 0 Å². The first-order chi connectivity index (χ1) is 12.4. The Labute approximate surface area is 163 Å². The molecule has 27 heavy (non-hydrogen) atoms. The van der Waals surface area contributed by atoms with Gasteiger partial charge in [-0.1, -0.05) is 33.3 Å².